The van der Waals surface area contributed by atoms with Crippen LogP contribution in [0.1, 0.15) is 16.8 Å². The standard InChI is InChI=1S/C13H14INO5/c1-19-10-6-7(5-8(14)11(10)20-2)12(16)15-4-3-9(15)13(17)18/h5-6,9H,3-4H2,1-2H3,(H,17,18)/t9-/m1/s1. The van der Waals surface area contributed by atoms with Gasteiger partial charge in [0.05, 0.1) is 17.8 Å². The highest BCUT2D eigenvalue weighted by atomic mass is 127. The van der Waals surface area contributed by atoms with Gasteiger partial charge in [0.2, 0.25) is 0 Å². The summed E-state index contributed by atoms with van der Waals surface area (Å²) in [6.45, 7) is 0.459. The summed E-state index contributed by atoms with van der Waals surface area (Å²) in [5, 5.41) is 9.00. The number of ether oxygens (including phenoxy) is 2. The van der Waals surface area contributed by atoms with Crippen molar-refractivity contribution in [2.75, 3.05) is 20.8 Å². The van der Waals surface area contributed by atoms with Crippen molar-refractivity contribution in [1.29, 1.82) is 0 Å². The number of aliphatic carboxylic acids is 1. The molecular weight excluding hydrogens is 377 g/mol. The largest absolute Gasteiger partial charge is 0.493 e. The van der Waals surface area contributed by atoms with Gasteiger partial charge in [0.25, 0.3) is 5.91 Å². The molecule has 1 aliphatic heterocycles. The van der Waals surface area contributed by atoms with Crippen molar-refractivity contribution in [1.82, 2.24) is 4.90 Å². The molecule has 0 bridgehead atoms. The van der Waals surface area contributed by atoms with Crippen LogP contribution in [0.2, 0.25) is 0 Å². The van der Waals surface area contributed by atoms with Crippen LogP contribution in [0.25, 0.3) is 0 Å². The second-order valence-electron chi connectivity index (χ2n) is 4.33. The summed E-state index contributed by atoms with van der Waals surface area (Å²) in [6, 6.07) is 2.51. The van der Waals surface area contributed by atoms with Crippen LogP contribution in [0.3, 0.4) is 0 Å². The average Bonchev–Trinajstić information content (AvgIpc) is 2.35. The summed E-state index contributed by atoms with van der Waals surface area (Å²) in [4.78, 5) is 24.6. The van der Waals surface area contributed by atoms with Crippen molar-refractivity contribution in [3.63, 3.8) is 0 Å². The van der Waals surface area contributed by atoms with Crippen LogP contribution >= 0.6 is 22.6 Å². The number of carboxylic acids is 1. The highest BCUT2D eigenvalue weighted by Crippen LogP contribution is 2.34. The van der Waals surface area contributed by atoms with E-state index in [2.05, 4.69) is 0 Å². The van der Waals surface area contributed by atoms with Crippen LogP contribution in [-0.4, -0.2) is 48.7 Å². The van der Waals surface area contributed by atoms with E-state index in [1.54, 1.807) is 12.1 Å². The topological polar surface area (TPSA) is 76.1 Å². The molecule has 0 radical (unpaired) electrons. The minimum Gasteiger partial charge on any atom is -0.493 e. The second-order valence-corrected chi connectivity index (χ2v) is 5.50. The predicted octanol–water partition coefficient (Wildman–Crippen LogP) is 1.61. The molecular formula is C13H14INO5. The van der Waals surface area contributed by atoms with Crippen LogP contribution in [0.4, 0.5) is 0 Å². The van der Waals surface area contributed by atoms with Gasteiger partial charge in [-0.1, -0.05) is 0 Å². The van der Waals surface area contributed by atoms with E-state index in [0.717, 1.165) is 3.57 Å². The summed E-state index contributed by atoms with van der Waals surface area (Å²) < 4.78 is 11.1. The molecule has 1 fully saturated rings. The molecule has 20 heavy (non-hydrogen) atoms. The van der Waals surface area contributed by atoms with Gasteiger partial charge in [-0.05, 0) is 41.1 Å². The monoisotopic (exact) mass is 391 g/mol. The number of carboxylic acid groups (broad SMARTS) is 1. The van der Waals surface area contributed by atoms with Gasteiger partial charge >= 0.3 is 5.97 Å². The maximum Gasteiger partial charge on any atom is 0.326 e. The number of carbonyl (C=O) groups excluding carboxylic acids is 1. The van der Waals surface area contributed by atoms with E-state index in [1.165, 1.54) is 19.1 Å². The summed E-state index contributed by atoms with van der Waals surface area (Å²) in [5.41, 5.74) is 0.401. The van der Waals surface area contributed by atoms with Crippen molar-refractivity contribution >= 4 is 34.5 Å². The molecule has 0 spiro atoms. The third kappa shape index (κ3) is 2.54. The van der Waals surface area contributed by atoms with Gasteiger partial charge < -0.3 is 19.5 Å². The first-order chi connectivity index (χ1) is 9.49. The number of amides is 1. The molecule has 0 saturated carbocycles. The van der Waals surface area contributed by atoms with Gasteiger partial charge in [0, 0.05) is 12.1 Å². The minimum atomic E-state index is -0.972. The van der Waals surface area contributed by atoms with Crippen LogP contribution in [0.5, 0.6) is 11.5 Å². The lowest BCUT2D eigenvalue weighted by molar-refractivity contribution is -0.146. The zero-order chi connectivity index (χ0) is 14.9. The Labute approximate surface area is 129 Å². The van der Waals surface area contributed by atoms with Crippen molar-refractivity contribution < 1.29 is 24.2 Å². The van der Waals surface area contributed by atoms with Crippen molar-refractivity contribution in [2.45, 2.75) is 12.5 Å². The molecule has 1 N–H and O–H groups in total. The molecule has 0 unspecified atom stereocenters. The Bertz CT molecular complexity index is 560. The van der Waals surface area contributed by atoms with E-state index in [-0.39, 0.29) is 5.91 Å². The zero-order valence-electron chi connectivity index (χ0n) is 11.1. The SMILES string of the molecule is COc1cc(C(=O)N2CC[C@@H]2C(=O)O)cc(I)c1OC. The number of hydrogen-bond donors (Lipinski definition) is 1. The molecule has 1 saturated heterocycles. The van der Waals surface area contributed by atoms with E-state index in [9.17, 15) is 9.59 Å². The lowest BCUT2D eigenvalue weighted by Crippen LogP contribution is -2.55. The first-order valence-electron chi connectivity index (χ1n) is 5.95. The Balaban J connectivity index is 2.31. The molecule has 1 aliphatic rings. The van der Waals surface area contributed by atoms with E-state index >= 15 is 0 Å². The quantitative estimate of drug-likeness (QED) is 0.790. The Kier molecular flexibility index (Phi) is 4.36. The predicted molar refractivity (Wildman–Crippen MR) is 79.3 cm³/mol. The van der Waals surface area contributed by atoms with Gasteiger partial charge in [0.15, 0.2) is 11.5 Å². The molecule has 6 nitrogen and oxygen atoms in total. The number of nitrogens with zero attached hydrogens (tertiary/aromatic N) is 1. The Hall–Kier alpha value is -1.51. The minimum absolute atomic E-state index is 0.303. The number of benzene rings is 1. The van der Waals surface area contributed by atoms with Crippen molar-refractivity contribution in [3.05, 3.63) is 21.3 Å². The molecule has 1 aromatic carbocycles. The number of likely N-dealkylation sites (tertiary alicyclic amines) is 1. The lowest BCUT2D eigenvalue weighted by Gasteiger charge is -2.38. The van der Waals surface area contributed by atoms with Crippen molar-refractivity contribution in [3.8, 4) is 11.5 Å². The number of methoxy groups -OCH3 is 2. The number of halogens is 1. The molecule has 1 aromatic rings. The lowest BCUT2D eigenvalue weighted by atomic mass is 10.0. The molecule has 1 amide bonds. The molecule has 7 heteroatoms. The number of hydrogen-bond acceptors (Lipinski definition) is 4. The molecule has 0 aromatic heterocycles. The first kappa shape index (κ1) is 14.9. The zero-order valence-corrected chi connectivity index (χ0v) is 13.2. The molecule has 2 rings (SSSR count). The Morgan fingerprint density at radius 1 is 1.35 bits per heavy atom. The Morgan fingerprint density at radius 3 is 2.50 bits per heavy atom. The summed E-state index contributed by atoms with van der Waals surface area (Å²) in [7, 11) is 3.02. The summed E-state index contributed by atoms with van der Waals surface area (Å²) in [5.74, 6) is -0.263. The van der Waals surface area contributed by atoms with Crippen LogP contribution in [-0.2, 0) is 4.79 Å². The third-order valence-electron chi connectivity index (χ3n) is 3.25. The highest BCUT2D eigenvalue weighted by Gasteiger charge is 2.38. The van der Waals surface area contributed by atoms with Crippen LogP contribution in [0.15, 0.2) is 12.1 Å². The third-order valence-corrected chi connectivity index (χ3v) is 4.05. The molecule has 0 aliphatic carbocycles. The fourth-order valence-corrected chi connectivity index (χ4v) is 2.92. The van der Waals surface area contributed by atoms with Crippen LogP contribution in [0, 0.1) is 3.57 Å². The van der Waals surface area contributed by atoms with Gasteiger partial charge in [-0.25, -0.2) is 4.79 Å². The number of carbonyl (C=O) groups is 2. The normalized spacial score (nSPS) is 17.4. The Morgan fingerprint density at radius 2 is 2.05 bits per heavy atom. The van der Waals surface area contributed by atoms with E-state index < -0.39 is 12.0 Å². The van der Waals surface area contributed by atoms with Gasteiger partial charge in [-0.3, -0.25) is 4.79 Å². The van der Waals surface area contributed by atoms with Gasteiger partial charge in [-0.15, -0.1) is 0 Å². The molecule has 108 valence electrons. The molecule has 1 heterocycles. The van der Waals surface area contributed by atoms with Crippen molar-refractivity contribution in [2.24, 2.45) is 0 Å². The van der Waals surface area contributed by atoms with E-state index in [4.69, 9.17) is 14.6 Å². The maximum atomic E-state index is 12.3. The average molecular weight is 391 g/mol. The van der Waals surface area contributed by atoms with Gasteiger partial charge in [0.1, 0.15) is 6.04 Å². The maximum absolute atomic E-state index is 12.3. The number of rotatable bonds is 4. The second kappa shape index (κ2) is 5.86. The summed E-state index contributed by atoms with van der Waals surface area (Å²) >= 11 is 2.05. The van der Waals surface area contributed by atoms with E-state index in [1.807, 2.05) is 22.6 Å². The van der Waals surface area contributed by atoms with Gasteiger partial charge in [-0.2, -0.15) is 0 Å². The van der Waals surface area contributed by atoms with E-state index in [0.29, 0.717) is 30.0 Å². The smallest absolute Gasteiger partial charge is 0.326 e. The molecule has 1 atom stereocenters. The summed E-state index contributed by atoms with van der Waals surface area (Å²) in [6.07, 6.45) is 0.492. The fourth-order valence-electron chi connectivity index (χ4n) is 2.09. The first-order valence-corrected chi connectivity index (χ1v) is 7.02. The fraction of sp³-hybridized carbons (Fsp3) is 0.385. The highest BCUT2D eigenvalue weighted by molar-refractivity contribution is 14.1. The van der Waals surface area contributed by atoms with Crippen LogP contribution < -0.4 is 9.47 Å².